The molecule has 1 saturated carbocycles. The lowest BCUT2D eigenvalue weighted by molar-refractivity contribution is -0.117. The van der Waals surface area contributed by atoms with Gasteiger partial charge in [0.05, 0.1) is 0 Å². The van der Waals surface area contributed by atoms with E-state index in [0.29, 0.717) is 11.5 Å². The summed E-state index contributed by atoms with van der Waals surface area (Å²) in [4.78, 5) is 15.3. The molecule has 1 amide bonds. The molecule has 0 atom stereocenters. The minimum Gasteiger partial charge on any atom is -0.399 e. The van der Waals surface area contributed by atoms with Gasteiger partial charge in [0.25, 0.3) is 0 Å². The molecule has 1 fully saturated rings. The monoisotopic (exact) mass is 177 g/mol. The molecule has 2 rings (SSSR count). The van der Waals surface area contributed by atoms with E-state index in [1.165, 1.54) is 0 Å². The van der Waals surface area contributed by atoms with Crippen LogP contribution < -0.4 is 11.1 Å². The van der Waals surface area contributed by atoms with E-state index in [0.717, 1.165) is 12.8 Å². The van der Waals surface area contributed by atoms with Crippen molar-refractivity contribution in [2.75, 3.05) is 11.1 Å². The number of nitrogens with zero attached hydrogens (tertiary/aromatic N) is 1. The number of amides is 1. The van der Waals surface area contributed by atoms with E-state index in [2.05, 4.69) is 10.3 Å². The van der Waals surface area contributed by atoms with E-state index in [-0.39, 0.29) is 11.8 Å². The SMILES string of the molecule is Nc1ccnc(NC(=O)C2CC2)c1. The lowest BCUT2D eigenvalue weighted by Gasteiger charge is -2.02. The molecular formula is C9H11N3O. The predicted molar refractivity (Wildman–Crippen MR) is 50.0 cm³/mol. The zero-order valence-corrected chi connectivity index (χ0v) is 7.16. The van der Waals surface area contributed by atoms with Gasteiger partial charge in [0.15, 0.2) is 0 Å². The number of rotatable bonds is 2. The first-order valence-corrected chi connectivity index (χ1v) is 4.28. The molecule has 1 aliphatic rings. The molecule has 1 aromatic heterocycles. The summed E-state index contributed by atoms with van der Waals surface area (Å²) in [6.07, 6.45) is 3.57. The fraction of sp³-hybridized carbons (Fsp3) is 0.333. The first-order chi connectivity index (χ1) is 6.25. The van der Waals surface area contributed by atoms with Crippen molar-refractivity contribution in [3.8, 4) is 0 Å². The minimum absolute atomic E-state index is 0.0538. The second kappa shape index (κ2) is 3.05. The van der Waals surface area contributed by atoms with Crippen LogP contribution in [-0.2, 0) is 4.79 Å². The number of anilines is 2. The van der Waals surface area contributed by atoms with Gasteiger partial charge in [-0.2, -0.15) is 0 Å². The van der Waals surface area contributed by atoms with Gasteiger partial charge in [0.1, 0.15) is 5.82 Å². The zero-order valence-electron chi connectivity index (χ0n) is 7.16. The number of aromatic nitrogens is 1. The number of nitrogens with two attached hydrogens (primary N) is 1. The van der Waals surface area contributed by atoms with Crippen molar-refractivity contribution in [3.05, 3.63) is 18.3 Å². The molecule has 13 heavy (non-hydrogen) atoms. The number of nitrogen functional groups attached to an aromatic ring is 1. The summed E-state index contributed by atoms with van der Waals surface area (Å²) in [6, 6.07) is 3.34. The Bertz CT molecular complexity index is 333. The highest BCUT2D eigenvalue weighted by Gasteiger charge is 2.29. The van der Waals surface area contributed by atoms with E-state index in [4.69, 9.17) is 5.73 Å². The Balaban J connectivity index is 2.04. The number of hydrogen-bond donors (Lipinski definition) is 2. The van der Waals surface area contributed by atoms with Crippen molar-refractivity contribution in [2.45, 2.75) is 12.8 Å². The van der Waals surface area contributed by atoms with Gasteiger partial charge in [0.2, 0.25) is 5.91 Å². The van der Waals surface area contributed by atoms with E-state index in [1.54, 1.807) is 18.3 Å². The van der Waals surface area contributed by atoms with Crippen LogP contribution in [0.15, 0.2) is 18.3 Å². The predicted octanol–water partition coefficient (Wildman–Crippen LogP) is 1.01. The van der Waals surface area contributed by atoms with Crippen LogP contribution in [0.3, 0.4) is 0 Å². The van der Waals surface area contributed by atoms with Crippen LogP contribution >= 0.6 is 0 Å². The molecule has 1 heterocycles. The van der Waals surface area contributed by atoms with Gasteiger partial charge in [-0.05, 0) is 18.9 Å². The fourth-order valence-corrected chi connectivity index (χ4v) is 1.09. The molecule has 0 bridgehead atoms. The Labute approximate surface area is 76.2 Å². The molecule has 1 aliphatic carbocycles. The van der Waals surface area contributed by atoms with Gasteiger partial charge >= 0.3 is 0 Å². The van der Waals surface area contributed by atoms with Gasteiger partial charge in [0, 0.05) is 23.9 Å². The summed E-state index contributed by atoms with van der Waals surface area (Å²) < 4.78 is 0. The third kappa shape index (κ3) is 1.96. The highest BCUT2D eigenvalue weighted by molar-refractivity contribution is 5.93. The molecular weight excluding hydrogens is 166 g/mol. The number of carbonyl (C=O) groups is 1. The van der Waals surface area contributed by atoms with Crippen LogP contribution in [0, 0.1) is 5.92 Å². The molecule has 0 aromatic carbocycles. The van der Waals surface area contributed by atoms with Gasteiger partial charge in [-0.25, -0.2) is 4.98 Å². The minimum atomic E-state index is 0.0538. The van der Waals surface area contributed by atoms with Gasteiger partial charge < -0.3 is 11.1 Å². The molecule has 0 saturated heterocycles. The third-order valence-corrected chi connectivity index (χ3v) is 1.98. The first kappa shape index (κ1) is 8.04. The molecule has 0 spiro atoms. The lowest BCUT2D eigenvalue weighted by atomic mass is 10.3. The van der Waals surface area contributed by atoms with Crippen molar-refractivity contribution in [3.63, 3.8) is 0 Å². The number of pyridine rings is 1. The van der Waals surface area contributed by atoms with Crippen LogP contribution in [0.25, 0.3) is 0 Å². The molecule has 1 aromatic rings. The standard InChI is InChI=1S/C9H11N3O/c10-7-3-4-11-8(5-7)12-9(13)6-1-2-6/h3-6H,1-2H2,(H3,10,11,12,13). The maximum atomic E-state index is 11.3. The highest BCUT2D eigenvalue weighted by Crippen LogP contribution is 2.29. The van der Waals surface area contributed by atoms with Crippen molar-refractivity contribution >= 4 is 17.4 Å². The summed E-state index contributed by atoms with van der Waals surface area (Å²) in [5.41, 5.74) is 6.15. The molecule has 0 unspecified atom stereocenters. The van der Waals surface area contributed by atoms with Crippen LogP contribution in [0.5, 0.6) is 0 Å². The van der Waals surface area contributed by atoms with Gasteiger partial charge in [-0.1, -0.05) is 0 Å². The van der Waals surface area contributed by atoms with Crippen molar-refractivity contribution in [1.29, 1.82) is 0 Å². The Morgan fingerprint density at radius 1 is 1.62 bits per heavy atom. The number of nitrogens with one attached hydrogen (secondary N) is 1. The molecule has 0 radical (unpaired) electrons. The number of hydrogen-bond acceptors (Lipinski definition) is 3. The summed E-state index contributed by atoms with van der Waals surface area (Å²) >= 11 is 0. The fourth-order valence-electron chi connectivity index (χ4n) is 1.09. The second-order valence-corrected chi connectivity index (χ2v) is 3.24. The Kier molecular flexibility index (Phi) is 1.88. The normalized spacial score (nSPS) is 15.4. The maximum absolute atomic E-state index is 11.3. The lowest BCUT2D eigenvalue weighted by Crippen LogP contribution is -2.14. The average molecular weight is 177 g/mol. The molecule has 4 heteroatoms. The van der Waals surface area contributed by atoms with Crippen LogP contribution in [0.1, 0.15) is 12.8 Å². The van der Waals surface area contributed by atoms with E-state index >= 15 is 0 Å². The van der Waals surface area contributed by atoms with Crippen LogP contribution in [-0.4, -0.2) is 10.9 Å². The van der Waals surface area contributed by atoms with Crippen molar-refractivity contribution in [2.24, 2.45) is 5.92 Å². The van der Waals surface area contributed by atoms with E-state index in [1.807, 2.05) is 0 Å². The topological polar surface area (TPSA) is 68.0 Å². The smallest absolute Gasteiger partial charge is 0.228 e. The van der Waals surface area contributed by atoms with E-state index in [9.17, 15) is 4.79 Å². The summed E-state index contributed by atoms with van der Waals surface area (Å²) in [5, 5.41) is 2.71. The third-order valence-electron chi connectivity index (χ3n) is 1.98. The average Bonchev–Trinajstić information content (AvgIpc) is 2.85. The Morgan fingerprint density at radius 3 is 3.00 bits per heavy atom. The molecule has 3 N–H and O–H groups in total. The quantitative estimate of drug-likeness (QED) is 0.708. The van der Waals surface area contributed by atoms with Crippen LogP contribution in [0.4, 0.5) is 11.5 Å². The summed E-state index contributed by atoms with van der Waals surface area (Å²) in [7, 11) is 0. The number of carbonyl (C=O) groups excluding carboxylic acids is 1. The largest absolute Gasteiger partial charge is 0.399 e. The highest BCUT2D eigenvalue weighted by atomic mass is 16.2. The second-order valence-electron chi connectivity index (χ2n) is 3.24. The first-order valence-electron chi connectivity index (χ1n) is 4.28. The van der Waals surface area contributed by atoms with Crippen molar-refractivity contribution < 1.29 is 4.79 Å². The molecule has 4 nitrogen and oxygen atoms in total. The molecule has 68 valence electrons. The van der Waals surface area contributed by atoms with Crippen LogP contribution in [0.2, 0.25) is 0 Å². The van der Waals surface area contributed by atoms with Crippen molar-refractivity contribution in [1.82, 2.24) is 4.98 Å². The van der Waals surface area contributed by atoms with Gasteiger partial charge in [-0.15, -0.1) is 0 Å². The zero-order chi connectivity index (χ0) is 9.26. The Hall–Kier alpha value is -1.58. The van der Waals surface area contributed by atoms with Gasteiger partial charge in [-0.3, -0.25) is 4.79 Å². The molecule has 0 aliphatic heterocycles. The summed E-state index contributed by atoms with van der Waals surface area (Å²) in [6.45, 7) is 0. The maximum Gasteiger partial charge on any atom is 0.228 e. The van der Waals surface area contributed by atoms with E-state index < -0.39 is 0 Å². The summed E-state index contributed by atoms with van der Waals surface area (Å²) in [5.74, 6) is 0.790. The Morgan fingerprint density at radius 2 is 2.38 bits per heavy atom.